The Balaban J connectivity index is 1.69. The third kappa shape index (κ3) is 6.76. The first kappa shape index (κ1) is 31.8. The second kappa shape index (κ2) is 13.0. The largest absolute Gasteiger partial charge is 0.497 e. The highest BCUT2D eigenvalue weighted by molar-refractivity contribution is 7.89. The van der Waals surface area contributed by atoms with Crippen molar-refractivity contribution in [1.82, 2.24) is 14.4 Å². The lowest BCUT2D eigenvalue weighted by Gasteiger charge is -2.38. The fraction of sp³-hybridized carbons (Fsp3) is 0.414. The molecule has 0 spiro atoms. The Labute approximate surface area is 250 Å². The fourth-order valence-electron chi connectivity index (χ4n) is 4.77. The monoisotopic (exact) mass is 615 g/mol. The molecule has 3 N–H and O–H groups in total. The summed E-state index contributed by atoms with van der Waals surface area (Å²) in [4.78, 5) is 28.3. The second-order valence-corrected chi connectivity index (χ2v) is 12.6. The number of hydrogen-bond donors (Lipinski definition) is 3. The average Bonchev–Trinajstić information content (AvgIpc) is 3.30. The SMILES string of the molecule is COc1ccc(S(=O)(=O)N(C)C[C@@H]2Oc3c(NC(=O)Nc4c(C)noc4C)cccc3C(=O)N([C@@H](C)CO)C[C@@H]2C)cc1. The predicted octanol–water partition coefficient (Wildman–Crippen LogP) is 3.48. The number of amides is 3. The molecule has 0 radical (unpaired) electrons. The van der Waals surface area contributed by atoms with Crippen molar-refractivity contribution in [2.75, 3.05) is 44.5 Å². The molecular weight excluding hydrogens is 578 g/mol. The molecule has 1 aromatic heterocycles. The number of aryl methyl sites for hydroxylation is 2. The van der Waals surface area contributed by atoms with E-state index in [4.69, 9.17) is 14.0 Å². The van der Waals surface area contributed by atoms with Gasteiger partial charge in [-0.1, -0.05) is 18.1 Å². The van der Waals surface area contributed by atoms with Gasteiger partial charge in [0.05, 0.1) is 42.4 Å². The van der Waals surface area contributed by atoms with Crippen LogP contribution in [-0.2, 0) is 10.0 Å². The number of aromatic nitrogens is 1. The summed E-state index contributed by atoms with van der Waals surface area (Å²) in [5.74, 6) is 0.269. The summed E-state index contributed by atoms with van der Waals surface area (Å²) in [5.41, 5.74) is 1.26. The number of sulfonamides is 1. The molecule has 0 aliphatic carbocycles. The predicted molar refractivity (Wildman–Crippen MR) is 159 cm³/mol. The summed E-state index contributed by atoms with van der Waals surface area (Å²) in [7, 11) is -0.964. The van der Waals surface area contributed by atoms with Crippen LogP contribution in [0.3, 0.4) is 0 Å². The number of aliphatic hydroxyl groups is 1. The van der Waals surface area contributed by atoms with Crippen LogP contribution in [0.15, 0.2) is 51.9 Å². The number of nitrogens with one attached hydrogen (secondary N) is 2. The van der Waals surface area contributed by atoms with Gasteiger partial charge in [0, 0.05) is 19.5 Å². The summed E-state index contributed by atoms with van der Waals surface area (Å²) in [6.07, 6.45) is -0.744. The van der Waals surface area contributed by atoms with E-state index in [1.54, 1.807) is 51.1 Å². The summed E-state index contributed by atoms with van der Waals surface area (Å²) >= 11 is 0. The van der Waals surface area contributed by atoms with Crippen LogP contribution in [0.4, 0.5) is 16.2 Å². The molecule has 1 aliphatic heterocycles. The number of likely N-dealkylation sites (N-methyl/N-ethyl adjacent to an activating group) is 1. The van der Waals surface area contributed by atoms with Gasteiger partial charge < -0.3 is 34.6 Å². The highest BCUT2D eigenvalue weighted by Crippen LogP contribution is 2.35. The van der Waals surface area contributed by atoms with Crippen molar-refractivity contribution in [1.29, 1.82) is 0 Å². The number of carbonyl (C=O) groups excluding carboxylic acids is 2. The molecule has 3 amide bonds. The third-order valence-corrected chi connectivity index (χ3v) is 9.25. The number of hydrogen-bond acceptors (Lipinski definition) is 9. The van der Waals surface area contributed by atoms with Crippen molar-refractivity contribution in [2.45, 2.75) is 44.7 Å². The van der Waals surface area contributed by atoms with Crippen molar-refractivity contribution in [3.8, 4) is 11.5 Å². The lowest BCUT2D eigenvalue weighted by Crippen LogP contribution is -2.50. The number of fused-ring (bicyclic) bond motifs is 1. The Hall–Kier alpha value is -4.14. The summed E-state index contributed by atoms with van der Waals surface area (Å²) in [5, 5.41) is 19.2. The first-order valence-corrected chi connectivity index (χ1v) is 15.1. The van der Waals surface area contributed by atoms with Gasteiger partial charge in [0.25, 0.3) is 5.91 Å². The molecule has 0 bridgehead atoms. The number of benzene rings is 2. The smallest absolute Gasteiger partial charge is 0.323 e. The zero-order chi connectivity index (χ0) is 31.5. The summed E-state index contributed by atoms with van der Waals surface area (Å²) < 4.78 is 44.8. The second-order valence-electron chi connectivity index (χ2n) is 10.5. The molecule has 4 rings (SSSR count). The van der Waals surface area contributed by atoms with Crippen LogP contribution in [0.2, 0.25) is 0 Å². The highest BCUT2D eigenvalue weighted by Gasteiger charge is 2.36. The number of para-hydroxylation sites is 1. The quantitative estimate of drug-likeness (QED) is 0.327. The normalized spacial score (nSPS) is 17.9. The van der Waals surface area contributed by atoms with E-state index in [2.05, 4.69) is 15.8 Å². The van der Waals surface area contributed by atoms with Crippen LogP contribution in [0.5, 0.6) is 11.5 Å². The van der Waals surface area contributed by atoms with Crippen LogP contribution in [-0.4, -0.2) is 85.8 Å². The zero-order valence-corrected chi connectivity index (χ0v) is 25.8. The van der Waals surface area contributed by atoms with Gasteiger partial charge in [-0.2, -0.15) is 4.31 Å². The van der Waals surface area contributed by atoms with Crippen molar-refractivity contribution in [3.63, 3.8) is 0 Å². The van der Waals surface area contributed by atoms with Gasteiger partial charge in [0.1, 0.15) is 23.2 Å². The van der Waals surface area contributed by atoms with Crippen LogP contribution in [0, 0.1) is 19.8 Å². The van der Waals surface area contributed by atoms with Crippen molar-refractivity contribution in [2.24, 2.45) is 5.92 Å². The van der Waals surface area contributed by atoms with Gasteiger partial charge in [0.2, 0.25) is 10.0 Å². The third-order valence-electron chi connectivity index (χ3n) is 7.42. The number of nitrogens with zero attached hydrogens (tertiary/aromatic N) is 3. The molecule has 43 heavy (non-hydrogen) atoms. The standard InChI is InChI=1S/C29H37N5O8S/c1-17-14-34(18(2)16-35)28(36)23-8-7-9-24(30-29(37)31-26-19(3)32-42-20(26)4)27(23)41-25(17)15-33(5)43(38,39)22-12-10-21(40-6)11-13-22/h7-13,17-18,25,35H,14-16H2,1-6H3,(H2,30,31,37)/t17-,18-,25-/m0/s1. The topological polar surface area (TPSA) is 164 Å². The van der Waals surface area contributed by atoms with Crippen molar-refractivity contribution < 1.29 is 37.1 Å². The lowest BCUT2D eigenvalue weighted by atomic mass is 9.99. The van der Waals surface area contributed by atoms with Crippen molar-refractivity contribution >= 4 is 33.3 Å². The summed E-state index contributed by atoms with van der Waals surface area (Å²) in [6.45, 7) is 6.77. The molecule has 3 aromatic rings. The number of urea groups is 1. The minimum absolute atomic E-state index is 0.0654. The van der Waals surface area contributed by atoms with Crippen molar-refractivity contribution in [3.05, 3.63) is 59.5 Å². The van der Waals surface area contributed by atoms with Gasteiger partial charge >= 0.3 is 6.03 Å². The Bertz CT molecular complexity index is 1550. The highest BCUT2D eigenvalue weighted by atomic mass is 32.2. The van der Waals surface area contributed by atoms with E-state index >= 15 is 0 Å². The fourth-order valence-corrected chi connectivity index (χ4v) is 5.95. The van der Waals surface area contributed by atoms with Crippen LogP contribution < -0.4 is 20.1 Å². The number of methoxy groups -OCH3 is 1. The molecule has 1 aliphatic rings. The molecule has 0 unspecified atom stereocenters. The molecule has 2 aromatic carbocycles. The van der Waals surface area contributed by atoms with Gasteiger partial charge in [-0.05, 0) is 57.2 Å². The van der Waals surface area contributed by atoms with Gasteiger partial charge in [-0.25, -0.2) is 13.2 Å². The van der Waals surface area contributed by atoms with Crippen LogP contribution in [0.25, 0.3) is 0 Å². The molecule has 0 fully saturated rings. The minimum Gasteiger partial charge on any atom is -0.497 e. The van der Waals surface area contributed by atoms with E-state index in [0.717, 1.165) is 0 Å². The number of aliphatic hydroxyl groups excluding tert-OH is 1. The van der Waals surface area contributed by atoms with Crippen LogP contribution >= 0.6 is 0 Å². The van der Waals surface area contributed by atoms with Crippen LogP contribution in [0.1, 0.15) is 35.7 Å². The molecule has 232 valence electrons. The molecule has 3 atom stereocenters. The number of ether oxygens (including phenoxy) is 2. The lowest BCUT2D eigenvalue weighted by molar-refractivity contribution is 0.0389. The van der Waals surface area contributed by atoms with E-state index in [-0.39, 0.29) is 47.5 Å². The number of anilines is 2. The number of rotatable bonds is 9. The average molecular weight is 616 g/mol. The Morgan fingerprint density at radius 3 is 2.51 bits per heavy atom. The summed E-state index contributed by atoms with van der Waals surface area (Å²) in [6, 6.07) is 9.67. The molecule has 14 heteroatoms. The Kier molecular flexibility index (Phi) is 9.62. The molecule has 13 nitrogen and oxygen atoms in total. The zero-order valence-electron chi connectivity index (χ0n) is 24.9. The van der Waals surface area contributed by atoms with E-state index in [9.17, 15) is 23.1 Å². The van der Waals surface area contributed by atoms with E-state index in [1.165, 1.54) is 35.5 Å². The van der Waals surface area contributed by atoms with E-state index < -0.39 is 34.1 Å². The minimum atomic E-state index is -3.91. The molecule has 0 saturated carbocycles. The molecular formula is C29H37N5O8S. The van der Waals surface area contributed by atoms with E-state index in [0.29, 0.717) is 22.9 Å². The first-order chi connectivity index (χ1) is 20.4. The van der Waals surface area contributed by atoms with Gasteiger partial charge in [-0.15, -0.1) is 0 Å². The maximum absolute atomic E-state index is 13.7. The molecule has 2 heterocycles. The Morgan fingerprint density at radius 1 is 1.21 bits per heavy atom. The maximum atomic E-state index is 13.7. The van der Waals surface area contributed by atoms with E-state index in [1.807, 2.05) is 6.92 Å². The first-order valence-electron chi connectivity index (χ1n) is 13.7. The maximum Gasteiger partial charge on any atom is 0.323 e. The van der Waals surface area contributed by atoms with Gasteiger partial charge in [0.15, 0.2) is 11.5 Å². The van der Waals surface area contributed by atoms with Gasteiger partial charge in [-0.3, -0.25) is 4.79 Å². The number of carbonyl (C=O) groups is 2. The molecule has 0 saturated heterocycles. The Morgan fingerprint density at radius 2 is 1.91 bits per heavy atom.